The van der Waals surface area contributed by atoms with Gasteiger partial charge in [-0.3, -0.25) is 14.7 Å². The van der Waals surface area contributed by atoms with Crippen LogP contribution in [0.1, 0.15) is 76.3 Å². The van der Waals surface area contributed by atoms with Crippen LogP contribution in [0, 0.1) is 0 Å². The molecule has 0 unspecified atom stereocenters. The number of piperidine rings is 1. The summed E-state index contributed by atoms with van der Waals surface area (Å²) in [5, 5.41) is 3.37. The quantitative estimate of drug-likeness (QED) is 0.893. The number of carbonyl (C=O) groups is 1. The van der Waals surface area contributed by atoms with Crippen LogP contribution in [0.15, 0.2) is 24.5 Å². The fraction of sp³-hybridized carbons (Fsp3) is 0.700. The minimum Gasteiger partial charge on any atom is -0.348 e. The smallest absolute Gasteiger partial charge is 0.241 e. The summed E-state index contributed by atoms with van der Waals surface area (Å²) in [5.41, 5.74) is 0.840. The summed E-state index contributed by atoms with van der Waals surface area (Å²) < 4.78 is 0. The molecule has 1 N–H and O–H groups in total. The fourth-order valence-corrected chi connectivity index (χ4v) is 4.44. The van der Waals surface area contributed by atoms with E-state index in [9.17, 15) is 4.79 Å². The zero-order valence-electron chi connectivity index (χ0n) is 15.0. The molecule has 1 atom stereocenters. The lowest BCUT2D eigenvalue weighted by Gasteiger charge is -2.47. The number of aromatic nitrogens is 1. The molecule has 4 nitrogen and oxygen atoms in total. The second-order valence-electron chi connectivity index (χ2n) is 7.36. The number of amides is 1. The SMILES string of the molecule is CC[C@H](NC(=O)C1(N2CCCCC2)CCCCC1)c1cccnc1. The van der Waals surface area contributed by atoms with Crippen molar-refractivity contribution in [1.82, 2.24) is 15.2 Å². The van der Waals surface area contributed by atoms with Crippen molar-refractivity contribution in [2.24, 2.45) is 0 Å². The number of nitrogens with zero attached hydrogens (tertiary/aromatic N) is 2. The Bertz CT molecular complexity index is 519. The Morgan fingerprint density at radius 3 is 2.54 bits per heavy atom. The molecule has 1 amide bonds. The van der Waals surface area contributed by atoms with Crippen molar-refractivity contribution in [3.63, 3.8) is 0 Å². The molecule has 2 fully saturated rings. The van der Waals surface area contributed by atoms with E-state index >= 15 is 0 Å². The largest absolute Gasteiger partial charge is 0.348 e. The summed E-state index contributed by atoms with van der Waals surface area (Å²) in [5.74, 6) is 0.250. The summed E-state index contributed by atoms with van der Waals surface area (Å²) in [6, 6.07) is 4.08. The second kappa shape index (κ2) is 8.11. The van der Waals surface area contributed by atoms with Crippen LogP contribution in [0.25, 0.3) is 0 Å². The molecule has 1 saturated heterocycles. The lowest BCUT2D eigenvalue weighted by atomic mass is 9.78. The lowest BCUT2D eigenvalue weighted by molar-refractivity contribution is -0.138. The zero-order chi connectivity index (χ0) is 16.8. The van der Waals surface area contributed by atoms with Gasteiger partial charge >= 0.3 is 0 Å². The number of pyridine rings is 1. The van der Waals surface area contributed by atoms with Gasteiger partial charge in [0.25, 0.3) is 0 Å². The Balaban J connectivity index is 1.77. The normalized spacial score (nSPS) is 22.7. The monoisotopic (exact) mass is 329 g/mol. The van der Waals surface area contributed by atoms with Gasteiger partial charge in [0, 0.05) is 12.4 Å². The minimum absolute atomic E-state index is 0.0646. The Morgan fingerprint density at radius 2 is 1.92 bits per heavy atom. The van der Waals surface area contributed by atoms with Crippen LogP contribution in [-0.4, -0.2) is 34.4 Å². The van der Waals surface area contributed by atoms with Crippen molar-refractivity contribution < 1.29 is 4.79 Å². The molecule has 4 heteroatoms. The third-order valence-electron chi connectivity index (χ3n) is 5.87. The molecule has 2 heterocycles. The topological polar surface area (TPSA) is 45.2 Å². The highest BCUT2D eigenvalue weighted by molar-refractivity contribution is 5.86. The van der Waals surface area contributed by atoms with Crippen molar-refractivity contribution in [2.45, 2.75) is 76.3 Å². The highest BCUT2D eigenvalue weighted by atomic mass is 16.2. The van der Waals surface area contributed by atoms with Crippen LogP contribution in [0.4, 0.5) is 0 Å². The van der Waals surface area contributed by atoms with Crippen LogP contribution in [0.3, 0.4) is 0 Å². The van der Waals surface area contributed by atoms with E-state index in [0.717, 1.165) is 37.9 Å². The molecule has 1 aliphatic carbocycles. The number of carbonyl (C=O) groups excluding carboxylic acids is 1. The van der Waals surface area contributed by atoms with Crippen molar-refractivity contribution in [1.29, 1.82) is 0 Å². The van der Waals surface area contributed by atoms with Crippen molar-refractivity contribution in [3.05, 3.63) is 30.1 Å². The molecule has 2 aliphatic rings. The van der Waals surface area contributed by atoms with Crippen LogP contribution in [0.2, 0.25) is 0 Å². The third kappa shape index (κ3) is 3.64. The van der Waals surface area contributed by atoms with Crippen molar-refractivity contribution in [2.75, 3.05) is 13.1 Å². The Kier molecular flexibility index (Phi) is 5.88. The van der Waals surface area contributed by atoms with Crippen LogP contribution in [0.5, 0.6) is 0 Å². The zero-order valence-corrected chi connectivity index (χ0v) is 15.0. The van der Waals surface area contributed by atoms with E-state index in [2.05, 4.69) is 28.2 Å². The first-order valence-electron chi connectivity index (χ1n) is 9.72. The fourth-order valence-electron chi connectivity index (χ4n) is 4.44. The molecule has 1 aliphatic heterocycles. The molecular formula is C20H31N3O. The Morgan fingerprint density at radius 1 is 1.21 bits per heavy atom. The van der Waals surface area contributed by atoms with Gasteiger partial charge in [0.05, 0.1) is 6.04 Å². The molecule has 1 aromatic heterocycles. The predicted octanol–water partition coefficient (Wildman–Crippen LogP) is 3.84. The van der Waals surface area contributed by atoms with Gasteiger partial charge in [0.2, 0.25) is 5.91 Å². The molecule has 24 heavy (non-hydrogen) atoms. The molecule has 0 aromatic carbocycles. The summed E-state index contributed by atoms with van der Waals surface area (Å²) in [7, 11) is 0. The van der Waals surface area contributed by atoms with E-state index in [4.69, 9.17) is 0 Å². The maximum Gasteiger partial charge on any atom is 0.241 e. The van der Waals surface area contributed by atoms with E-state index in [1.807, 2.05) is 12.3 Å². The van der Waals surface area contributed by atoms with E-state index in [1.165, 1.54) is 38.5 Å². The molecular weight excluding hydrogens is 298 g/mol. The first-order chi connectivity index (χ1) is 11.8. The van der Waals surface area contributed by atoms with E-state index in [0.29, 0.717) is 0 Å². The maximum absolute atomic E-state index is 13.4. The first kappa shape index (κ1) is 17.4. The van der Waals surface area contributed by atoms with Gasteiger partial charge < -0.3 is 5.32 Å². The van der Waals surface area contributed by atoms with Gasteiger partial charge in [-0.2, -0.15) is 0 Å². The van der Waals surface area contributed by atoms with Crippen molar-refractivity contribution in [3.8, 4) is 0 Å². The second-order valence-corrected chi connectivity index (χ2v) is 7.36. The molecule has 0 spiro atoms. The van der Waals surface area contributed by atoms with Crippen LogP contribution in [-0.2, 0) is 4.79 Å². The minimum atomic E-state index is -0.270. The lowest BCUT2D eigenvalue weighted by Crippen LogP contribution is -2.61. The summed E-state index contributed by atoms with van der Waals surface area (Å²) in [6.45, 7) is 4.29. The Hall–Kier alpha value is -1.42. The first-order valence-corrected chi connectivity index (χ1v) is 9.72. The number of nitrogens with one attached hydrogen (secondary N) is 1. The molecule has 0 bridgehead atoms. The number of hydrogen-bond acceptors (Lipinski definition) is 3. The molecule has 1 saturated carbocycles. The van der Waals surface area contributed by atoms with Crippen molar-refractivity contribution >= 4 is 5.91 Å². The summed E-state index contributed by atoms with van der Waals surface area (Å²) in [4.78, 5) is 20.1. The van der Waals surface area contributed by atoms with Gasteiger partial charge in [-0.15, -0.1) is 0 Å². The summed E-state index contributed by atoms with van der Waals surface area (Å²) in [6.07, 6.45) is 14.0. The summed E-state index contributed by atoms with van der Waals surface area (Å²) >= 11 is 0. The van der Waals surface area contributed by atoms with Gasteiger partial charge in [-0.25, -0.2) is 0 Å². The van der Waals surface area contributed by atoms with E-state index < -0.39 is 0 Å². The van der Waals surface area contributed by atoms with Gasteiger partial charge in [-0.05, 0) is 56.8 Å². The standard InChI is InChI=1S/C20H31N3O/c1-2-18(17-10-9-13-21-16-17)22-19(24)20(11-5-3-6-12-20)23-14-7-4-8-15-23/h9-10,13,16,18H,2-8,11-12,14-15H2,1H3,(H,22,24)/t18-/m0/s1. The number of hydrogen-bond donors (Lipinski definition) is 1. The van der Waals surface area contributed by atoms with Gasteiger partial charge in [0.15, 0.2) is 0 Å². The molecule has 0 radical (unpaired) electrons. The van der Waals surface area contributed by atoms with Gasteiger partial charge in [0.1, 0.15) is 5.54 Å². The van der Waals surface area contributed by atoms with Crippen LogP contribution < -0.4 is 5.32 Å². The highest BCUT2D eigenvalue weighted by Gasteiger charge is 2.45. The average Bonchev–Trinajstić information content (AvgIpc) is 2.67. The highest BCUT2D eigenvalue weighted by Crippen LogP contribution is 2.36. The van der Waals surface area contributed by atoms with Crippen LogP contribution >= 0.6 is 0 Å². The average molecular weight is 329 g/mol. The predicted molar refractivity (Wildman–Crippen MR) is 96.7 cm³/mol. The van der Waals surface area contributed by atoms with E-state index in [1.54, 1.807) is 6.20 Å². The third-order valence-corrected chi connectivity index (χ3v) is 5.87. The number of rotatable bonds is 5. The number of likely N-dealkylation sites (tertiary alicyclic amines) is 1. The molecule has 1 aromatic rings. The van der Waals surface area contributed by atoms with E-state index in [-0.39, 0.29) is 17.5 Å². The molecule has 3 rings (SSSR count). The molecule has 132 valence electrons. The maximum atomic E-state index is 13.4. The van der Waals surface area contributed by atoms with Gasteiger partial charge in [-0.1, -0.05) is 38.7 Å². The Labute approximate surface area is 146 Å².